The minimum atomic E-state index is -0.508. The van der Waals surface area contributed by atoms with E-state index >= 15 is 0 Å². The quantitative estimate of drug-likeness (QED) is 0.779. The van der Waals surface area contributed by atoms with Gasteiger partial charge in [-0.05, 0) is 39.5 Å². The van der Waals surface area contributed by atoms with Crippen molar-refractivity contribution in [1.29, 1.82) is 0 Å². The van der Waals surface area contributed by atoms with Crippen molar-refractivity contribution in [3.05, 3.63) is 0 Å². The molecule has 1 aliphatic heterocycles. The molecule has 1 aliphatic carbocycles. The molecule has 5 heteroatoms. The SMILES string of the molecule is CC(C)NC1(C(N)=O)CCC(N2CCCOCC2)C1. The molecule has 2 rings (SSSR count). The van der Waals surface area contributed by atoms with Crippen LogP contribution in [0.5, 0.6) is 0 Å². The van der Waals surface area contributed by atoms with Gasteiger partial charge in [-0.1, -0.05) is 0 Å². The monoisotopic (exact) mass is 269 g/mol. The van der Waals surface area contributed by atoms with Crippen LogP contribution in [0.4, 0.5) is 0 Å². The van der Waals surface area contributed by atoms with E-state index in [1.54, 1.807) is 0 Å². The molecule has 2 aliphatic rings. The van der Waals surface area contributed by atoms with Crippen molar-refractivity contribution in [1.82, 2.24) is 10.2 Å². The van der Waals surface area contributed by atoms with Gasteiger partial charge in [-0.25, -0.2) is 0 Å². The third kappa shape index (κ3) is 3.46. The molecule has 1 saturated heterocycles. The van der Waals surface area contributed by atoms with E-state index in [1.807, 2.05) is 0 Å². The molecular formula is C14H27N3O2. The molecule has 0 radical (unpaired) electrons. The molecule has 1 amide bonds. The Balaban J connectivity index is 2.01. The number of carbonyl (C=O) groups excluding carboxylic acids is 1. The van der Waals surface area contributed by atoms with Gasteiger partial charge < -0.3 is 15.8 Å². The number of nitrogens with zero attached hydrogens (tertiary/aromatic N) is 1. The van der Waals surface area contributed by atoms with Crippen LogP contribution < -0.4 is 11.1 Å². The number of carbonyl (C=O) groups is 1. The third-order valence-corrected chi connectivity index (χ3v) is 4.30. The van der Waals surface area contributed by atoms with Crippen LogP contribution in [-0.4, -0.2) is 54.7 Å². The van der Waals surface area contributed by atoms with Crippen LogP contribution in [0.2, 0.25) is 0 Å². The molecule has 110 valence electrons. The van der Waals surface area contributed by atoms with Crippen LogP contribution in [0, 0.1) is 0 Å². The lowest BCUT2D eigenvalue weighted by Gasteiger charge is -2.32. The van der Waals surface area contributed by atoms with Crippen molar-refractivity contribution in [3.8, 4) is 0 Å². The van der Waals surface area contributed by atoms with Gasteiger partial charge in [0.05, 0.1) is 12.1 Å². The summed E-state index contributed by atoms with van der Waals surface area (Å²) < 4.78 is 5.50. The topological polar surface area (TPSA) is 67.6 Å². The molecule has 0 aromatic heterocycles. The lowest BCUT2D eigenvalue weighted by atomic mass is 9.95. The second-order valence-corrected chi connectivity index (χ2v) is 6.14. The summed E-state index contributed by atoms with van der Waals surface area (Å²) in [6, 6.07) is 0.735. The highest BCUT2D eigenvalue weighted by atomic mass is 16.5. The summed E-state index contributed by atoms with van der Waals surface area (Å²) in [4.78, 5) is 14.3. The lowest BCUT2D eigenvalue weighted by Crippen LogP contribution is -2.56. The summed E-state index contributed by atoms with van der Waals surface area (Å²) in [7, 11) is 0. The van der Waals surface area contributed by atoms with Gasteiger partial charge in [0.1, 0.15) is 0 Å². The Morgan fingerprint density at radius 2 is 2.21 bits per heavy atom. The van der Waals surface area contributed by atoms with Gasteiger partial charge in [0, 0.05) is 31.8 Å². The van der Waals surface area contributed by atoms with Crippen molar-refractivity contribution >= 4 is 5.91 Å². The molecule has 0 aromatic rings. The summed E-state index contributed by atoms with van der Waals surface area (Å²) in [6.07, 6.45) is 3.81. The third-order valence-electron chi connectivity index (χ3n) is 4.30. The molecule has 0 aromatic carbocycles. The predicted molar refractivity (Wildman–Crippen MR) is 74.8 cm³/mol. The van der Waals surface area contributed by atoms with Gasteiger partial charge in [0.25, 0.3) is 0 Å². The van der Waals surface area contributed by atoms with E-state index in [4.69, 9.17) is 10.5 Å². The van der Waals surface area contributed by atoms with Crippen LogP contribution in [0.1, 0.15) is 39.5 Å². The van der Waals surface area contributed by atoms with Crippen molar-refractivity contribution < 1.29 is 9.53 Å². The highest BCUT2D eigenvalue weighted by Gasteiger charge is 2.45. The second-order valence-electron chi connectivity index (χ2n) is 6.14. The molecule has 0 spiro atoms. The first kappa shape index (κ1) is 14.8. The maximum atomic E-state index is 11.9. The zero-order valence-corrected chi connectivity index (χ0v) is 12.2. The average Bonchev–Trinajstić information content (AvgIpc) is 2.60. The zero-order chi connectivity index (χ0) is 13.9. The van der Waals surface area contributed by atoms with Crippen LogP contribution >= 0.6 is 0 Å². The Hall–Kier alpha value is -0.650. The molecule has 2 unspecified atom stereocenters. The summed E-state index contributed by atoms with van der Waals surface area (Å²) in [6.45, 7) is 7.84. The summed E-state index contributed by atoms with van der Waals surface area (Å²) in [5, 5.41) is 3.41. The normalized spacial score (nSPS) is 33.5. The summed E-state index contributed by atoms with van der Waals surface area (Å²) in [5.74, 6) is -0.199. The Morgan fingerprint density at radius 1 is 1.42 bits per heavy atom. The molecule has 2 atom stereocenters. The Kier molecular flexibility index (Phi) is 4.81. The van der Waals surface area contributed by atoms with E-state index in [1.165, 1.54) is 0 Å². The molecule has 0 bridgehead atoms. The van der Waals surface area contributed by atoms with E-state index in [9.17, 15) is 4.79 Å². The first-order valence-corrected chi connectivity index (χ1v) is 7.43. The Labute approximate surface area is 115 Å². The fourth-order valence-electron chi connectivity index (χ4n) is 3.44. The van der Waals surface area contributed by atoms with Gasteiger partial charge in [-0.3, -0.25) is 9.69 Å². The minimum Gasteiger partial charge on any atom is -0.380 e. The molecule has 1 saturated carbocycles. The summed E-state index contributed by atoms with van der Waals surface area (Å²) in [5.41, 5.74) is 5.15. The first-order chi connectivity index (χ1) is 9.03. The van der Waals surface area contributed by atoms with Gasteiger partial charge in [0.15, 0.2) is 0 Å². The van der Waals surface area contributed by atoms with Gasteiger partial charge in [-0.15, -0.1) is 0 Å². The molecule has 3 N–H and O–H groups in total. The van der Waals surface area contributed by atoms with E-state index in [0.717, 1.165) is 52.0 Å². The Bertz CT molecular complexity index is 314. The van der Waals surface area contributed by atoms with Gasteiger partial charge >= 0.3 is 0 Å². The van der Waals surface area contributed by atoms with Crippen LogP contribution in [0.25, 0.3) is 0 Å². The molecular weight excluding hydrogens is 242 g/mol. The van der Waals surface area contributed by atoms with E-state index in [2.05, 4.69) is 24.1 Å². The maximum absolute atomic E-state index is 11.9. The van der Waals surface area contributed by atoms with E-state index in [0.29, 0.717) is 6.04 Å². The number of primary amides is 1. The predicted octanol–water partition coefficient (Wildman–Crippen LogP) is 0.483. The average molecular weight is 269 g/mol. The lowest BCUT2D eigenvalue weighted by molar-refractivity contribution is -0.124. The maximum Gasteiger partial charge on any atom is 0.237 e. The highest BCUT2D eigenvalue weighted by Crippen LogP contribution is 2.33. The number of rotatable bonds is 4. The van der Waals surface area contributed by atoms with Crippen molar-refractivity contribution in [3.63, 3.8) is 0 Å². The number of hydrogen-bond donors (Lipinski definition) is 2. The fourth-order valence-corrected chi connectivity index (χ4v) is 3.44. The van der Waals surface area contributed by atoms with Crippen molar-refractivity contribution in [2.45, 2.75) is 57.2 Å². The smallest absolute Gasteiger partial charge is 0.237 e. The van der Waals surface area contributed by atoms with Crippen molar-refractivity contribution in [2.24, 2.45) is 5.73 Å². The van der Waals surface area contributed by atoms with Crippen molar-refractivity contribution in [2.75, 3.05) is 26.3 Å². The second kappa shape index (κ2) is 6.20. The van der Waals surface area contributed by atoms with Gasteiger partial charge in [-0.2, -0.15) is 0 Å². The number of nitrogens with one attached hydrogen (secondary N) is 1. The van der Waals surface area contributed by atoms with Gasteiger partial charge in [0.2, 0.25) is 5.91 Å². The van der Waals surface area contributed by atoms with Crippen LogP contribution in [-0.2, 0) is 9.53 Å². The number of amides is 1. The Morgan fingerprint density at radius 3 is 2.89 bits per heavy atom. The minimum absolute atomic E-state index is 0.199. The molecule has 2 fully saturated rings. The molecule has 1 heterocycles. The number of nitrogens with two attached hydrogens (primary N) is 1. The standard InChI is InChI=1S/C14H27N3O2/c1-11(2)16-14(13(15)18)5-4-12(10-14)17-6-3-8-19-9-7-17/h11-12,16H,3-10H2,1-2H3,(H2,15,18). The number of ether oxygens (including phenoxy) is 1. The number of hydrogen-bond acceptors (Lipinski definition) is 4. The first-order valence-electron chi connectivity index (χ1n) is 7.43. The highest BCUT2D eigenvalue weighted by molar-refractivity contribution is 5.85. The largest absolute Gasteiger partial charge is 0.380 e. The van der Waals surface area contributed by atoms with E-state index < -0.39 is 5.54 Å². The molecule has 19 heavy (non-hydrogen) atoms. The van der Waals surface area contributed by atoms with Crippen LogP contribution in [0.3, 0.4) is 0 Å². The van der Waals surface area contributed by atoms with E-state index in [-0.39, 0.29) is 11.9 Å². The fraction of sp³-hybridized carbons (Fsp3) is 0.929. The van der Waals surface area contributed by atoms with Crippen LogP contribution in [0.15, 0.2) is 0 Å². The molecule has 5 nitrogen and oxygen atoms in total. The zero-order valence-electron chi connectivity index (χ0n) is 12.2. The summed E-state index contributed by atoms with van der Waals surface area (Å²) >= 11 is 0.